The van der Waals surface area contributed by atoms with Gasteiger partial charge in [0.2, 0.25) is 0 Å². The molecule has 110 valence electrons. The van der Waals surface area contributed by atoms with Crippen LogP contribution in [0.2, 0.25) is 0 Å². The number of amides is 2. The number of benzene rings is 1. The van der Waals surface area contributed by atoms with Crippen LogP contribution in [-0.4, -0.2) is 41.5 Å². The Hall–Kier alpha value is -2.28. The number of rotatable bonds is 7. The van der Waals surface area contributed by atoms with Crippen LogP contribution in [-0.2, 0) is 4.79 Å². The highest BCUT2D eigenvalue weighted by Gasteiger charge is 2.12. The van der Waals surface area contributed by atoms with Crippen molar-refractivity contribution in [1.82, 2.24) is 5.32 Å². The van der Waals surface area contributed by atoms with Crippen LogP contribution >= 0.6 is 0 Å². The molecule has 0 saturated heterocycles. The standard InChI is InChI=1S/C13H18N2O5/c1-2-20-10-5-3-4-9(8-10)15-13(19)14-7-6-11(16)12(17)18/h3-5,8,11,16H,2,6-7H2,1H3,(H,17,18)(H2,14,15,19). The summed E-state index contributed by atoms with van der Waals surface area (Å²) in [5.41, 5.74) is 0.562. The van der Waals surface area contributed by atoms with E-state index in [-0.39, 0.29) is 13.0 Å². The Kier molecular flexibility index (Phi) is 6.31. The van der Waals surface area contributed by atoms with Crippen LogP contribution in [0, 0.1) is 0 Å². The van der Waals surface area contributed by atoms with Gasteiger partial charge in [0.05, 0.1) is 6.61 Å². The summed E-state index contributed by atoms with van der Waals surface area (Å²) in [4.78, 5) is 21.9. The number of carbonyl (C=O) groups excluding carboxylic acids is 1. The van der Waals surface area contributed by atoms with Crippen molar-refractivity contribution in [1.29, 1.82) is 0 Å². The molecule has 2 amide bonds. The highest BCUT2D eigenvalue weighted by atomic mass is 16.5. The molecule has 0 radical (unpaired) electrons. The SMILES string of the molecule is CCOc1cccc(NC(=O)NCCC(O)C(=O)O)c1. The van der Waals surface area contributed by atoms with E-state index in [2.05, 4.69) is 10.6 Å². The predicted molar refractivity (Wildman–Crippen MR) is 72.9 cm³/mol. The first-order valence-electron chi connectivity index (χ1n) is 6.21. The van der Waals surface area contributed by atoms with Crippen molar-refractivity contribution < 1.29 is 24.5 Å². The average molecular weight is 282 g/mol. The lowest BCUT2D eigenvalue weighted by Crippen LogP contribution is -2.33. The van der Waals surface area contributed by atoms with Crippen molar-refractivity contribution in [2.45, 2.75) is 19.4 Å². The van der Waals surface area contributed by atoms with Crippen LogP contribution in [0.5, 0.6) is 5.75 Å². The Morgan fingerprint density at radius 2 is 2.15 bits per heavy atom. The predicted octanol–water partition coefficient (Wildman–Crippen LogP) is 1.04. The molecule has 0 aliphatic carbocycles. The second-order valence-corrected chi connectivity index (χ2v) is 3.98. The minimum Gasteiger partial charge on any atom is -0.494 e. The highest BCUT2D eigenvalue weighted by Crippen LogP contribution is 2.16. The van der Waals surface area contributed by atoms with Crippen molar-refractivity contribution in [2.75, 3.05) is 18.5 Å². The maximum absolute atomic E-state index is 11.5. The minimum atomic E-state index is -1.48. The summed E-state index contributed by atoms with van der Waals surface area (Å²) in [6, 6.07) is 6.42. The summed E-state index contributed by atoms with van der Waals surface area (Å²) in [5.74, 6) is -0.664. The molecule has 0 aromatic heterocycles. The first-order valence-corrected chi connectivity index (χ1v) is 6.21. The third kappa shape index (κ3) is 5.57. The largest absolute Gasteiger partial charge is 0.494 e. The van der Waals surface area contributed by atoms with Gasteiger partial charge in [-0.05, 0) is 19.1 Å². The number of carboxylic acid groups (broad SMARTS) is 1. The molecule has 4 N–H and O–H groups in total. The van der Waals surface area contributed by atoms with E-state index in [0.29, 0.717) is 18.0 Å². The van der Waals surface area contributed by atoms with Gasteiger partial charge in [0.1, 0.15) is 5.75 Å². The first kappa shape index (κ1) is 15.8. The van der Waals surface area contributed by atoms with Crippen LogP contribution in [0.1, 0.15) is 13.3 Å². The monoisotopic (exact) mass is 282 g/mol. The zero-order valence-corrected chi connectivity index (χ0v) is 11.1. The van der Waals surface area contributed by atoms with E-state index >= 15 is 0 Å². The van der Waals surface area contributed by atoms with Gasteiger partial charge in [-0.25, -0.2) is 9.59 Å². The van der Waals surface area contributed by atoms with Gasteiger partial charge in [0.25, 0.3) is 0 Å². The second kappa shape index (κ2) is 8.00. The number of carbonyl (C=O) groups is 2. The number of carboxylic acids is 1. The molecule has 0 spiro atoms. The van der Waals surface area contributed by atoms with Crippen LogP contribution in [0.25, 0.3) is 0 Å². The number of hydrogen-bond acceptors (Lipinski definition) is 4. The lowest BCUT2D eigenvalue weighted by molar-refractivity contribution is -0.146. The quantitative estimate of drug-likeness (QED) is 0.597. The van der Waals surface area contributed by atoms with Gasteiger partial charge < -0.3 is 25.6 Å². The van der Waals surface area contributed by atoms with Gasteiger partial charge >= 0.3 is 12.0 Å². The Balaban J connectivity index is 2.38. The lowest BCUT2D eigenvalue weighted by Gasteiger charge is -2.10. The summed E-state index contributed by atoms with van der Waals surface area (Å²) in [5, 5.41) is 22.5. The molecular formula is C13H18N2O5. The molecule has 1 unspecified atom stereocenters. The molecule has 1 aromatic carbocycles. The van der Waals surface area contributed by atoms with E-state index in [4.69, 9.17) is 14.9 Å². The van der Waals surface area contributed by atoms with Crippen molar-refractivity contribution in [2.24, 2.45) is 0 Å². The molecule has 7 nitrogen and oxygen atoms in total. The van der Waals surface area contributed by atoms with E-state index in [1.807, 2.05) is 6.92 Å². The fourth-order valence-electron chi connectivity index (χ4n) is 1.45. The van der Waals surface area contributed by atoms with Gasteiger partial charge in [0.15, 0.2) is 6.10 Å². The van der Waals surface area contributed by atoms with Crippen LogP contribution in [0.3, 0.4) is 0 Å². The highest BCUT2D eigenvalue weighted by molar-refractivity contribution is 5.89. The van der Waals surface area contributed by atoms with Gasteiger partial charge in [-0.2, -0.15) is 0 Å². The molecule has 0 saturated carbocycles. The average Bonchev–Trinajstić information content (AvgIpc) is 2.39. The Morgan fingerprint density at radius 3 is 2.80 bits per heavy atom. The van der Waals surface area contributed by atoms with E-state index in [0.717, 1.165) is 0 Å². The molecule has 0 heterocycles. The minimum absolute atomic E-state index is 0.0538. The Bertz CT molecular complexity index is 464. The van der Waals surface area contributed by atoms with Crippen molar-refractivity contribution >= 4 is 17.7 Å². The third-order valence-corrected chi connectivity index (χ3v) is 2.39. The number of ether oxygens (including phenoxy) is 1. The molecule has 0 fully saturated rings. The summed E-state index contributed by atoms with van der Waals surface area (Å²) >= 11 is 0. The number of aliphatic hydroxyl groups excluding tert-OH is 1. The van der Waals surface area contributed by atoms with E-state index in [1.165, 1.54) is 0 Å². The molecule has 1 aromatic rings. The van der Waals surface area contributed by atoms with Crippen molar-refractivity contribution in [3.8, 4) is 5.75 Å². The van der Waals surface area contributed by atoms with Gasteiger partial charge in [-0.15, -0.1) is 0 Å². The summed E-state index contributed by atoms with van der Waals surface area (Å²) < 4.78 is 5.30. The molecule has 1 atom stereocenters. The molecule has 0 aliphatic rings. The number of anilines is 1. The third-order valence-electron chi connectivity index (χ3n) is 2.39. The number of aliphatic hydroxyl groups is 1. The number of nitrogens with one attached hydrogen (secondary N) is 2. The fourth-order valence-corrected chi connectivity index (χ4v) is 1.45. The summed E-state index contributed by atoms with van der Waals surface area (Å²) in [6.07, 6.45) is -1.53. The molecule has 7 heteroatoms. The van der Waals surface area contributed by atoms with E-state index in [9.17, 15) is 9.59 Å². The van der Waals surface area contributed by atoms with E-state index in [1.54, 1.807) is 24.3 Å². The summed E-state index contributed by atoms with van der Waals surface area (Å²) in [7, 11) is 0. The normalized spacial score (nSPS) is 11.5. The number of aliphatic carboxylic acids is 1. The van der Waals surface area contributed by atoms with Crippen LogP contribution in [0.4, 0.5) is 10.5 Å². The zero-order valence-electron chi connectivity index (χ0n) is 11.1. The maximum atomic E-state index is 11.5. The molecule has 0 aliphatic heterocycles. The van der Waals surface area contributed by atoms with Crippen LogP contribution < -0.4 is 15.4 Å². The zero-order chi connectivity index (χ0) is 15.0. The van der Waals surface area contributed by atoms with Crippen molar-refractivity contribution in [3.05, 3.63) is 24.3 Å². The van der Waals surface area contributed by atoms with E-state index < -0.39 is 18.1 Å². The number of hydrogen-bond donors (Lipinski definition) is 4. The van der Waals surface area contributed by atoms with Gasteiger partial charge in [-0.1, -0.05) is 6.07 Å². The topological polar surface area (TPSA) is 108 Å². The van der Waals surface area contributed by atoms with Crippen molar-refractivity contribution in [3.63, 3.8) is 0 Å². The van der Waals surface area contributed by atoms with Gasteiger partial charge in [0, 0.05) is 24.7 Å². The molecule has 20 heavy (non-hydrogen) atoms. The van der Waals surface area contributed by atoms with Gasteiger partial charge in [-0.3, -0.25) is 0 Å². The molecule has 1 rings (SSSR count). The lowest BCUT2D eigenvalue weighted by atomic mass is 10.2. The smallest absolute Gasteiger partial charge is 0.332 e. The number of urea groups is 1. The molecule has 0 bridgehead atoms. The van der Waals surface area contributed by atoms with Crippen LogP contribution in [0.15, 0.2) is 24.3 Å². The Morgan fingerprint density at radius 1 is 1.40 bits per heavy atom. The summed E-state index contributed by atoms with van der Waals surface area (Å²) in [6.45, 7) is 2.45. The fraction of sp³-hybridized carbons (Fsp3) is 0.385. The second-order valence-electron chi connectivity index (χ2n) is 3.98. The Labute approximate surface area is 116 Å². The molecular weight excluding hydrogens is 264 g/mol. The first-order chi connectivity index (χ1) is 9.52. The maximum Gasteiger partial charge on any atom is 0.332 e.